The Morgan fingerprint density at radius 1 is 1.10 bits per heavy atom. The van der Waals surface area contributed by atoms with E-state index in [1.807, 2.05) is 71.6 Å². The van der Waals surface area contributed by atoms with Crippen LogP contribution in [0.25, 0.3) is 29.6 Å². The zero-order chi connectivity index (χ0) is 21.1. The van der Waals surface area contributed by atoms with E-state index >= 15 is 0 Å². The summed E-state index contributed by atoms with van der Waals surface area (Å²) in [5, 5.41) is 11.2. The molecule has 30 heavy (non-hydrogen) atoms. The third-order valence-corrected chi connectivity index (χ3v) is 4.67. The lowest BCUT2D eigenvalue weighted by atomic mass is 10.1. The molecule has 0 aliphatic rings. The van der Waals surface area contributed by atoms with Crippen LogP contribution >= 0.6 is 0 Å². The number of benzene rings is 2. The van der Waals surface area contributed by atoms with Crippen LogP contribution in [0.4, 0.5) is 0 Å². The molecule has 0 amide bonds. The molecule has 0 spiro atoms. The van der Waals surface area contributed by atoms with E-state index in [0.29, 0.717) is 23.1 Å². The van der Waals surface area contributed by atoms with Crippen molar-refractivity contribution in [1.82, 2.24) is 20.0 Å². The molecule has 0 saturated carbocycles. The molecular formula is C24H24N4O2. The molecule has 0 saturated heterocycles. The van der Waals surface area contributed by atoms with Gasteiger partial charge in [-0.3, -0.25) is 15.0 Å². The van der Waals surface area contributed by atoms with E-state index < -0.39 is 0 Å². The Bertz CT molecular complexity index is 1270. The highest BCUT2D eigenvalue weighted by molar-refractivity contribution is 5.72. The van der Waals surface area contributed by atoms with Crippen LogP contribution in [0.1, 0.15) is 19.4 Å². The van der Waals surface area contributed by atoms with Gasteiger partial charge in [-0.15, -0.1) is 0 Å². The van der Waals surface area contributed by atoms with Gasteiger partial charge in [-0.1, -0.05) is 38.6 Å². The van der Waals surface area contributed by atoms with Gasteiger partial charge in [-0.2, -0.15) is 5.10 Å². The molecular weight excluding hydrogens is 376 g/mol. The summed E-state index contributed by atoms with van der Waals surface area (Å²) in [7, 11) is 0. The summed E-state index contributed by atoms with van der Waals surface area (Å²) in [5.74, 6) is 1.28. The molecule has 6 heteroatoms. The number of nitrogens with one attached hydrogen (secondary N) is 2. The second-order valence-electron chi connectivity index (χ2n) is 7.56. The van der Waals surface area contributed by atoms with Crippen LogP contribution in [0.5, 0.6) is 5.75 Å². The quantitative estimate of drug-likeness (QED) is 0.523. The molecule has 2 heterocycles. The molecule has 2 N–H and O–H groups in total. The topological polar surface area (TPSA) is 75.7 Å². The predicted molar refractivity (Wildman–Crippen MR) is 119 cm³/mol. The third kappa shape index (κ3) is 4.12. The Labute approximate surface area is 174 Å². The number of hydrogen-bond donors (Lipinski definition) is 2. The molecule has 6 nitrogen and oxygen atoms in total. The van der Waals surface area contributed by atoms with E-state index in [1.54, 1.807) is 0 Å². The van der Waals surface area contributed by atoms with E-state index in [0.717, 1.165) is 28.3 Å². The lowest BCUT2D eigenvalue weighted by Gasteiger charge is -2.09. The minimum absolute atomic E-state index is 0.212. The van der Waals surface area contributed by atoms with Crippen molar-refractivity contribution in [2.24, 2.45) is 5.92 Å². The summed E-state index contributed by atoms with van der Waals surface area (Å²) in [6.45, 7) is 8.79. The Morgan fingerprint density at radius 2 is 1.83 bits per heavy atom. The first-order valence-electron chi connectivity index (χ1n) is 9.87. The van der Waals surface area contributed by atoms with Crippen molar-refractivity contribution in [3.05, 3.63) is 87.3 Å². The fourth-order valence-corrected chi connectivity index (χ4v) is 3.11. The Kier molecular flexibility index (Phi) is 5.39. The number of ether oxygens (including phenoxy) is 1. The van der Waals surface area contributed by atoms with Gasteiger partial charge in [0.2, 0.25) is 0 Å². The van der Waals surface area contributed by atoms with E-state index in [1.165, 1.54) is 0 Å². The van der Waals surface area contributed by atoms with Gasteiger partial charge in [0.05, 0.1) is 28.6 Å². The van der Waals surface area contributed by atoms with E-state index in [4.69, 9.17) is 9.84 Å². The van der Waals surface area contributed by atoms with Gasteiger partial charge in [0, 0.05) is 17.3 Å². The van der Waals surface area contributed by atoms with Crippen molar-refractivity contribution in [1.29, 1.82) is 0 Å². The number of rotatable bonds is 6. The van der Waals surface area contributed by atoms with Crippen molar-refractivity contribution in [2.75, 3.05) is 6.61 Å². The fraction of sp³-hybridized carbons (Fsp3) is 0.167. The molecule has 0 aliphatic heterocycles. The van der Waals surface area contributed by atoms with Crippen molar-refractivity contribution >= 4 is 12.7 Å². The Hall–Kier alpha value is -3.80. The molecule has 152 valence electrons. The van der Waals surface area contributed by atoms with Crippen molar-refractivity contribution in [3.63, 3.8) is 0 Å². The molecule has 4 aromatic rings. The predicted octanol–water partition coefficient (Wildman–Crippen LogP) is 2.83. The minimum atomic E-state index is -0.212. The number of H-pyrrole nitrogens is 2. The maximum atomic E-state index is 12.1. The number of hydrogen-bond acceptors (Lipinski definition) is 3. The van der Waals surface area contributed by atoms with Crippen LogP contribution in [0.2, 0.25) is 0 Å². The van der Waals surface area contributed by atoms with Gasteiger partial charge in [-0.25, -0.2) is 4.68 Å². The smallest absolute Gasteiger partial charge is 0.271 e. The maximum absolute atomic E-state index is 12.1. The molecule has 0 unspecified atom stereocenters. The lowest BCUT2D eigenvalue weighted by molar-refractivity contribution is 0.271. The van der Waals surface area contributed by atoms with Crippen molar-refractivity contribution < 1.29 is 4.74 Å². The van der Waals surface area contributed by atoms with Crippen LogP contribution < -0.4 is 20.9 Å². The zero-order valence-corrected chi connectivity index (χ0v) is 17.1. The summed E-state index contributed by atoms with van der Waals surface area (Å²) in [5.41, 5.74) is 3.26. The van der Waals surface area contributed by atoms with Crippen LogP contribution in [0, 0.1) is 5.92 Å². The highest BCUT2D eigenvalue weighted by Gasteiger charge is 2.12. The Morgan fingerprint density at radius 3 is 2.47 bits per heavy atom. The van der Waals surface area contributed by atoms with Gasteiger partial charge in [0.15, 0.2) is 0 Å². The third-order valence-electron chi connectivity index (χ3n) is 4.67. The fourth-order valence-electron chi connectivity index (χ4n) is 3.11. The second-order valence-corrected chi connectivity index (χ2v) is 7.56. The molecule has 0 radical (unpaired) electrons. The summed E-state index contributed by atoms with van der Waals surface area (Å²) in [6.07, 6.45) is 3.72. The monoisotopic (exact) mass is 400 g/mol. The average molecular weight is 400 g/mol. The van der Waals surface area contributed by atoms with E-state index in [2.05, 4.69) is 30.6 Å². The molecule has 0 fully saturated rings. The SMILES string of the molecule is C=c1[nH][nH]c(=O)/c1=C\c1cn(-c2ccccc2)nc1-c1ccc(OCC(C)C)cc1. The largest absolute Gasteiger partial charge is 0.493 e. The lowest BCUT2D eigenvalue weighted by Crippen LogP contribution is -2.32. The van der Waals surface area contributed by atoms with Crippen LogP contribution in [0.3, 0.4) is 0 Å². The van der Waals surface area contributed by atoms with Gasteiger partial charge < -0.3 is 4.74 Å². The van der Waals surface area contributed by atoms with E-state index in [9.17, 15) is 4.79 Å². The summed E-state index contributed by atoms with van der Waals surface area (Å²) < 4.78 is 7.60. The van der Waals surface area contributed by atoms with Crippen LogP contribution in [-0.4, -0.2) is 26.6 Å². The summed E-state index contributed by atoms with van der Waals surface area (Å²) in [6, 6.07) is 17.7. The normalized spacial score (nSPS) is 11.9. The molecule has 0 aliphatic carbocycles. The molecule has 2 aromatic carbocycles. The highest BCUT2D eigenvalue weighted by atomic mass is 16.5. The first-order valence-corrected chi connectivity index (χ1v) is 9.87. The van der Waals surface area contributed by atoms with Gasteiger partial charge in [-0.05, 0) is 48.4 Å². The first kappa shape index (κ1) is 19.5. The number of para-hydroxylation sites is 1. The van der Waals surface area contributed by atoms with Gasteiger partial charge in [0.1, 0.15) is 5.75 Å². The van der Waals surface area contributed by atoms with Gasteiger partial charge >= 0.3 is 0 Å². The standard InChI is InChI=1S/C24H24N4O2/c1-16(2)15-30-21-11-9-18(10-12-21)23-19(13-22-17(3)25-26-24(22)29)14-28(27-23)20-7-5-4-6-8-20/h4-14,16,25H,3,15H2,1-2H3,(H,26,29)/b22-13-. The van der Waals surface area contributed by atoms with Crippen LogP contribution in [0.15, 0.2) is 65.6 Å². The number of aromatic amines is 2. The number of aromatic nitrogens is 4. The minimum Gasteiger partial charge on any atom is -0.493 e. The molecule has 0 bridgehead atoms. The molecule has 0 atom stereocenters. The summed E-state index contributed by atoms with van der Waals surface area (Å²) in [4.78, 5) is 12.1. The second kappa shape index (κ2) is 8.29. The average Bonchev–Trinajstić information content (AvgIpc) is 3.32. The maximum Gasteiger partial charge on any atom is 0.271 e. The van der Waals surface area contributed by atoms with E-state index in [-0.39, 0.29) is 5.56 Å². The number of nitrogens with zero attached hydrogens (tertiary/aromatic N) is 2. The first-order chi connectivity index (χ1) is 14.5. The highest BCUT2D eigenvalue weighted by Crippen LogP contribution is 2.26. The Balaban J connectivity index is 1.80. The zero-order valence-electron chi connectivity index (χ0n) is 17.1. The van der Waals surface area contributed by atoms with Crippen LogP contribution in [-0.2, 0) is 0 Å². The van der Waals surface area contributed by atoms with Crippen molar-refractivity contribution in [3.8, 4) is 22.7 Å². The van der Waals surface area contributed by atoms with Crippen molar-refractivity contribution in [2.45, 2.75) is 13.8 Å². The summed E-state index contributed by atoms with van der Waals surface area (Å²) >= 11 is 0. The van der Waals surface area contributed by atoms with Gasteiger partial charge in [0.25, 0.3) is 5.56 Å². The molecule has 4 rings (SSSR count). The molecule has 2 aromatic heterocycles.